The third-order valence-corrected chi connectivity index (χ3v) is 4.75. The summed E-state index contributed by atoms with van der Waals surface area (Å²) in [6.45, 7) is 1.29. The molecule has 5 heteroatoms. The van der Waals surface area contributed by atoms with E-state index < -0.39 is 5.97 Å². The summed E-state index contributed by atoms with van der Waals surface area (Å²) in [4.78, 5) is 12.3. The van der Waals surface area contributed by atoms with Gasteiger partial charge in [-0.2, -0.15) is 12.6 Å². The molecule has 2 aromatic carbocycles. The van der Waals surface area contributed by atoms with Crippen LogP contribution in [0.15, 0.2) is 48.5 Å². The van der Waals surface area contributed by atoms with Gasteiger partial charge in [-0.3, -0.25) is 0 Å². The fraction of sp³-hybridized carbons (Fsp3) is 0.400. The first-order valence-electron chi connectivity index (χ1n) is 10.4. The summed E-state index contributed by atoms with van der Waals surface area (Å²) in [5, 5.41) is 0. The maximum atomic E-state index is 12.3. The molecule has 0 saturated heterocycles. The highest BCUT2D eigenvalue weighted by Gasteiger charge is 2.09. The Morgan fingerprint density at radius 2 is 1.30 bits per heavy atom. The lowest BCUT2D eigenvalue weighted by atomic mass is 10.2. The Labute approximate surface area is 185 Å². The molecule has 160 valence electrons. The average molecular weight is 427 g/mol. The number of thiol groups is 1. The molecule has 0 radical (unpaired) electrons. The van der Waals surface area contributed by atoms with Crippen molar-refractivity contribution in [2.45, 2.75) is 44.9 Å². The molecule has 0 aromatic heterocycles. The van der Waals surface area contributed by atoms with Crippen molar-refractivity contribution in [3.05, 3.63) is 54.1 Å². The minimum absolute atomic E-state index is 0.406. The van der Waals surface area contributed by atoms with Gasteiger partial charge in [-0.25, -0.2) is 4.79 Å². The molecule has 2 rings (SSSR count). The SMILES string of the molecule is C#CCCCCOc1ccc(OC(=O)c2ccc(OCCCCCCS)cc2)cc1. The van der Waals surface area contributed by atoms with E-state index in [2.05, 4.69) is 18.5 Å². The van der Waals surface area contributed by atoms with Gasteiger partial charge in [-0.15, -0.1) is 12.3 Å². The van der Waals surface area contributed by atoms with Gasteiger partial charge in [0.2, 0.25) is 0 Å². The quantitative estimate of drug-likeness (QED) is 0.133. The molecule has 4 nitrogen and oxygen atoms in total. The van der Waals surface area contributed by atoms with Crippen LogP contribution in [-0.2, 0) is 0 Å². The molecule has 0 aliphatic carbocycles. The van der Waals surface area contributed by atoms with Gasteiger partial charge < -0.3 is 14.2 Å². The minimum atomic E-state index is -0.406. The van der Waals surface area contributed by atoms with Crippen LogP contribution in [0.5, 0.6) is 17.2 Å². The zero-order valence-electron chi connectivity index (χ0n) is 17.3. The lowest BCUT2D eigenvalue weighted by Crippen LogP contribution is -2.08. The van der Waals surface area contributed by atoms with E-state index in [-0.39, 0.29) is 0 Å². The van der Waals surface area contributed by atoms with Crippen LogP contribution in [-0.4, -0.2) is 24.9 Å². The molecule has 0 aliphatic heterocycles. The number of unbranched alkanes of at least 4 members (excludes halogenated alkanes) is 5. The van der Waals surface area contributed by atoms with E-state index >= 15 is 0 Å². The Morgan fingerprint density at radius 1 is 0.767 bits per heavy atom. The molecule has 30 heavy (non-hydrogen) atoms. The molecule has 0 atom stereocenters. The number of hydrogen-bond donors (Lipinski definition) is 1. The van der Waals surface area contributed by atoms with E-state index in [0.29, 0.717) is 24.5 Å². The zero-order chi connectivity index (χ0) is 21.4. The van der Waals surface area contributed by atoms with Crippen molar-refractivity contribution < 1.29 is 19.0 Å². The van der Waals surface area contributed by atoms with Crippen molar-refractivity contribution in [3.63, 3.8) is 0 Å². The fourth-order valence-corrected chi connectivity index (χ4v) is 2.96. The molecule has 0 saturated carbocycles. The molecule has 0 amide bonds. The second-order valence-corrected chi connectivity index (χ2v) is 7.33. The van der Waals surface area contributed by atoms with Crippen LogP contribution in [0, 0.1) is 12.3 Å². The number of hydrogen-bond acceptors (Lipinski definition) is 5. The zero-order valence-corrected chi connectivity index (χ0v) is 18.2. The van der Waals surface area contributed by atoms with Crippen LogP contribution in [0.1, 0.15) is 55.3 Å². The van der Waals surface area contributed by atoms with E-state index in [1.54, 1.807) is 48.5 Å². The lowest BCUT2D eigenvalue weighted by molar-refractivity contribution is 0.0734. The third-order valence-electron chi connectivity index (χ3n) is 4.43. The maximum Gasteiger partial charge on any atom is 0.343 e. The Kier molecular flexibility index (Phi) is 11.4. The van der Waals surface area contributed by atoms with E-state index in [0.717, 1.165) is 55.8 Å². The number of carbonyl (C=O) groups excluding carboxylic acids is 1. The molecule has 0 bridgehead atoms. The van der Waals surface area contributed by atoms with Crippen molar-refractivity contribution in [1.82, 2.24) is 0 Å². The fourth-order valence-electron chi connectivity index (χ4n) is 2.73. The summed E-state index contributed by atoms with van der Waals surface area (Å²) < 4.78 is 16.8. The van der Waals surface area contributed by atoms with Crippen molar-refractivity contribution in [1.29, 1.82) is 0 Å². The van der Waals surface area contributed by atoms with Crippen molar-refractivity contribution in [2.75, 3.05) is 19.0 Å². The molecule has 0 heterocycles. The first kappa shape index (κ1) is 23.7. The van der Waals surface area contributed by atoms with Crippen molar-refractivity contribution >= 4 is 18.6 Å². The van der Waals surface area contributed by atoms with Gasteiger partial charge in [0, 0.05) is 6.42 Å². The van der Waals surface area contributed by atoms with Gasteiger partial charge in [0.25, 0.3) is 0 Å². The number of benzene rings is 2. The van der Waals surface area contributed by atoms with E-state index in [1.807, 2.05) is 0 Å². The average Bonchev–Trinajstić information content (AvgIpc) is 2.77. The van der Waals surface area contributed by atoms with Crippen LogP contribution in [0.2, 0.25) is 0 Å². The molecule has 0 aliphatic rings. The Balaban J connectivity index is 1.72. The summed E-state index contributed by atoms with van der Waals surface area (Å²) in [6.07, 6.45) is 12.3. The van der Waals surface area contributed by atoms with Crippen molar-refractivity contribution in [3.8, 4) is 29.6 Å². The Hall–Kier alpha value is -2.58. The number of rotatable bonds is 14. The highest BCUT2D eigenvalue weighted by molar-refractivity contribution is 7.80. The first-order valence-corrected chi connectivity index (χ1v) is 11.1. The first-order chi connectivity index (χ1) is 14.7. The lowest BCUT2D eigenvalue weighted by Gasteiger charge is -2.09. The molecule has 0 spiro atoms. The van der Waals surface area contributed by atoms with E-state index in [9.17, 15) is 4.79 Å². The molecular weight excluding hydrogens is 396 g/mol. The molecule has 2 aromatic rings. The van der Waals surface area contributed by atoms with Crippen LogP contribution in [0.3, 0.4) is 0 Å². The highest BCUT2D eigenvalue weighted by Crippen LogP contribution is 2.20. The number of carbonyl (C=O) groups is 1. The van der Waals surface area contributed by atoms with Gasteiger partial charge in [0.1, 0.15) is 17.2 Å². The van der Waals surface area contributed by atoms with Crippen LogP contribution < -0.4 is 14.2 Å². The van der Waals surface area contributed by atoms with Gasteiger partial charge in [-0.1, -0.05) is 12.8 Å². The predicted octanol–water partition coefficient (Wildman–Crippen LogP) is 5.96. The number of ether oxygens (including phenoxy) is 3. The van der Waals surface area contributed by atoms with Crippen LogP contribution in [0.25, 0.3) is 0 Å². The Bertz CT molecular complexity index is 778. The Morgan fingerprint density at radius 3 is 1.90 bits per heavy atom. The summed E-state index contributed by atoms with van der Waals surface area (Å²) in [5.41, 5.74) is 0.477. The molecule has 0 unspecified atom stereocenters. The second-order valence-electron chi connectivity index (χ2n) is 6.88. The van der Waals surface area contributed by atoms with Gasteiger partial charge in [0.15, 0.2) is 0 Å². The number of terminal acetylenes is 1. The molecular formula is C25H30O4S. The second kappa shape index (κ2) is 14.4. The summed E-state index contributed by atoms with van der Waals surface area (Å²) >= 11 is 4.21. The largest absolute Gasteiger partial charge is 0.494 e. The third kappa shape index (κ3) is 9.28. The smallest absolute Gasteiger partial charge is 0.343 e. The summed E-state index contributed by atoms with van der Waals surface area (Å²) in [7, 11) is 0. The van der Waals surface area contributed by atoms with E-state index in [4.69, 9.17) is 20.6 Å². The van der Waals surface area contributed by atoms with Gasteiger partial charge in [0.05, 0.1) is 18.8 Å². The summed E-state index contributed by atoms with van der Waals surface area (Å²) in [5.74, 6) is 5.11. The van der Waals surface area contributed by atoms with Crippen molar-refractivity contribution in [2.24, 2.45) is 0 Å². The summed E-state index contributed by atoms with van der Waals surface area (Å²) in [6, 6.07) is 14.0. The molecule has 0 N–H and O–H groups in total. The monoisotopic (exact) mass is 426 g/mol. The minimum Gasteiger partial charge on any atom is -0.494 e. The van der Waals surface area contributed by atoms with Gasteiger partial charge >= 0.3 is 5.97 Å². The normalized spacial score (nSPS) is 10.3. The highest BCUT2D eigenvalue weighted by atomic mass is 32.1. The van der Waals surface area contributed by atoms with Crippen LogP contribution in [0.4, 0.5) is 0 Å². The molecule has 0 fully saturated rings. The van der Waals surface area contributed by atoms with E-state index in [1.165, 1.54) is 6.42 Å². The number of esters is 1. The standard InChI is InChI=1S/C25H30O4S/c1-2-3-4-7-18-28-23-14-16-24(17-15-23)29-25(26)21-10-12-22(13-11-21)27-19-8-5-6-9-20-30/h1,10-17,30H,3-9,18-20H2. The topological polar surface area (TPSA) is 44.8 Å². The maximum absolute atomic E-state index is 12.3. The predicted molar refractivity (Wildman–Crippen MR) is 124 cm³/mol. The van der Waals surface area contributed by atoms with Crippen LogP contribution >= 0.6 is 12.6 Å². The van der Waals surface area contributed by atoms with Gasteiger partial charge in [-0.05, 0) is 80.0 Å².